The molecule has 3 heterocycles. The molecule has 0 bridgehead atoms. The molecule has 1 amide bonds. The molecule has 2 aromatic carbocycles. The van der Waals surface area contributed by atoms with Crippen LogP contribution in [-0.4, -0.2) is 39.5 Å². The first-order valence-corrected chi connectivity index (χ1v) is 12.3. The lowest BCUT2D eigenvalue weighted by molar-refractivity contribution is -0.140. The second kappa shape index (κ2) is 9.11. The number of Topliss-reactive ketones (excluding diaryl/α,β-unsaturated/α-hetero) is 1. The van der Waals surface area contributed by atoms with E-state index in [2.05, 4.69) is 0 Å². The molecule has 2 N–H and O–H groups in total. The molecule has 8 heteroatoms. The number of hydrogen-bond acceptors (Lipinski definition) is 7. The van der Waals surface area contributed by atoms with Crippen LogP contribution in [0.15, 0.2) is 59.5 Å². The summed E-state index contributed by atoms with van der Waals surface area (Å²) in [6.45, 7) is 4.32. The number of ketones is 1. The largest absolute Gasteiger partial charge is 0.507 e. The Morgan fingerprint density at radius 1 is 1.20 bits per heavy atom. The van der Waals surface area contributed by atoms with E-state index in [1.807, 2.05) is 24.4 Å². The molecule has 5 rings (SSSR count). The normalized spacial score (nSPS) is 20.7. The van der Waals surface area contributed by atoms with Gasteiger partial charge in [-0.15, -0.1) is 11.3 Å². The summed E-state index contributed by atoms with van der Waals surface area (Å²) >= 11 is 1.48. The number of likely N-dealkylation sites (tertiary alicyclic amines) is 1. The third-order valence-electron chi connectivity index (χ3n) is 6.22. The lowest BCUT2D eigenvalue weighted by Crippen LogP contribution is -2.28. The zero-order valence-corrected chi connectivity index (χ0v) is 20.2. The van der Waals surface area contributed by atoms with Crippen molar-refractivity contribution in [3.05, 3.63) is 81.1 Å². The minimum absolute atomic E-state index is 0.00612. The molecule has 35 heavy (non-hydrogen) atoms. The number of aliphatic hydroxyl groups excluding tert-OH is 1. The quantitative estimate of drug-likeness (QED) is 0.292. The van der Waals surface area contributed by atoms with E-state index >= 15 is 0 Å². The van der Waals surface area contributed by atoms with Gasteiger partial charge in [0.15, 0.2) is 11.5 Å². The first-order chi connectivity index (χ1) is 16.9. The first kappa shape index (κ1) is 23.0. The van der Waals surface area contributed by atoms with E-state index in [9.17, 15) is 19.8 Å². The van der Waals surface area contributed by atoms with E-state index in [1.54, 1.807) is 37.3 Å². The van der Waals surface area contributed by atoms with Gasteiger partial charge >= 0.3 is 0 Å². The molecule has 2 atom stereocenters. The van der Waals surface area contributed by atoms with Gasteiger partial charge in [-0.05, 0) is 66.8 Å². The van der Waals surface area contributed by atoms with Crippen molar-refractivity contribution in [2.45, 2.75) is 39.0 Å². The minimum Gasteiger partial charge on any atom is -0.507 e. The fraction of sp³-hybridized carbons (Fsp3) is 0.259. The van der Waals surface area contributed by atoms with Crippen LogP contribution in [0, 0.1) is 0 Å². The van der Waals surface area contributed by atoms with E-state index in [0.29, 0.717) is 24.2 Å². The molecular formula is C27H25NO6S. The highest BCUT2D eigenvalue weighted by atomic mass is 32.1. The number of carbonyl (C=O) groups excluding carboxylic acids is 2. The molecule has 2 aliphatic rings. The number of aliphatic hydroxyl groups is 1. The molecule has 0 saturated carbocycles. The Bertz CT molecular complexity index is 1330. The second-order valence-corrected chi connectivity index (χ2v) is 9.65. The highest BCUT2D eigenvalue weighted by molar-refractivity contribution is 7.09. The van der Waals surface area contributed by atoms with Gasteiger partial charge in [0.25, 0.3) is 11.7 Å². The third-order valence-corrected chi connectivity index (χ3v) is 7.08. The average Bonchev–Trinajstić information content (AvgIpc) is 3.54. The summed E-state index contributed by atoms with van der Waals surface area (Å²) in [6.07, 6.45) is 0.732. The zero-order chi connectivity index (χ0) is 24.7. The summed E-state index contributed by atoms with van der Waals surface area (Å²) in [5.41, 5.74) is 1.95. The van der Waals surface area contributed by atoms with E-state index in [4.69, 9.17) is 9.47 Å². The molecule has 1 fully saturated rings. The van der Waals surface area contributed by atoms with Crippen molar-refractivity contribution >= 4 is 28.8 Å². The third kappa shape index (κ3) is 4.14. The van der Waals surface area contributed by atoms with Gasteiger partial charge in [0, 0.05) is 16.9 Å². The van der Waals surface area contributed by atoms with Crippen LogP contribution in [0.1, 0.15) is 41.5 Å². The molecule has 1 saturated heterocycles. The molecular weight excluding hydrogens is 466 g/mol. The van der Waals surface area contributed by atoms with Gasteiger partial charge < -0.3 is 24.6 Å². The highest BCUT2D eigenvalue weighted by Crippen LogP contribution is 2.43. The van der Waals surface area contributed by atoms with Gasteiger partial charge in [0.1, 0.15) is 17.6 Å². The maximum absolute atomic E-state index is 13.3. The van der Waals surface area contributed by atoms with Gasteiger partial charge in [0.05, 0.1) is 24.8 Å². The highest BCUT2D eigenvalue weighted by Gasteiger charge is 2.46. The SMILES string of the molecule is CCOc1cc(C2/C(=C(\O)c3ccc4c(c3)CC(C)O4)C(=O)C(=O)N2Cc2cccs2)ccc1O. The van der Waals surface area contributed by atoms with Crippen LogP contribution in [-0.2, 0) is 22.6 Å². The molecule has 1 aromatic heterocycles. The van der Waals surface area contributed by atoms with Crippen LogP contribution >= 0.6 is 11.3 Å². The van der Waals surface area contributed by atoms with Gasteiger partial charge in [-0.3, -0.25) is 9.59 Å². The van der Waals surface area contributed by atoms with Crippen LogP contribution in [0.25, 0.3) is 5.76 Å². The summed E-state index contributed by atoms with van der Waals surface area (Å²) in [5.74, 6) is -0.720. The predicted molar refractivity (Wildman–Crippen MR) is 132 cm³/mol. The number of phenols is 1. The lowest BCUT2D eigenvalue weighted by atomic mass is 9.94. The Morgan fingerprint density at radius 2 is 2.03 bits per heavy atom. The predicted octanol–water partition coefficient (Wildman–Crippen LogP) is 4.80. The summed E-state index contributed by atoms with van der Waals surface area (Å²) in [6, 6.07) is 12.9. The van der Waals surface area contributed by atoms with E-state index < -0.39 is 17.7 Å². The average molecular weight is 492 g/mol. The number of aromatic hydroxyl groups is 1. The number of phenolic OH excluding ortho intramolecular Hbond substituents is 1. The van der Waals surface area contributed by atoms with Crippen LogP contribution in [0.5, 0.6) is 17.2 Å². The number of rotatable bonds is 6. The number of fused-ring (bicyclic) bond motifs is 1. The Kier molecular flexibility index (Phi) is 5.98. The van der Waals surface area contributed by atoms with Crippen molar-refractivity contribution in [3.8, 4) is 17.2 Å². The van der Waals surface area contributed by atoms with Crippen LogP contribution in [0.3, 0.4) is 0 Å². The zero-order valence-electron chi connectivity index (χ0n) is 19.4. The number of ether oxygens (including phenoxy) is 2. The van der Waals surface area contributed by atoms with Gasteiger partial charge in [0.2, 0.25) is 0 Å². The second-order valence-electron chi connectivity index (χ2n) is 8.62. The maximum atomic E-state index is 13.3. The standard InChI is InChI=1S/C27H25NO6S/c1-3-33-22-13-16(6-8-20(22)29)24-23(26(31)27(32)28(24)14-19-5-4-10-35-19)25(30)17-7-9-21-18(12-17)11-15(2)34-21/h4-10,12-13,15,24,29-30H,3,11,14H2,1-2H3/b25-23+. The van der Waals surface area contributed by atoms with Crippen LogP contribution in [0.2, 0.25) is 0 Å². The topological polar surface area (TPSA) is 96.3 Å². The number of nitrogens with zero attached hydrogens (tertiary/aromatic N) is 1. The molecule has 0 aliphatic carbocycles. The Balaban J connectivity index is 1.65. The first-order valence-electron chi connectivity index (χ1n) is 11.4. The summed E-state index contributed by atoms with van der Waals surface area (Å²) in [7, 11) is 0. The van der Waals surface area contributed by atoms with Gasteiger partial charge in [-0.1, -0.05) is 12.1 Å². The van der Waals surface area contributed by atoms with Crippen LogP contribution in [0.4, 0.5) is 0 Å². The fourth-order valence-corrected chi connectivity index (χ4v) is 5.36. The summed E-state index contributed by atoms with van der Waals surface area (Å²) in [5, 5.41) is 23.5. The van der Waals surface area contributed by atoms with Crippen molar-refractivity contribution in [2.75, 3.05) is 6.61 Å². The van der Waals surface area contributed by atoms with E-state index in [1.165, 1.54) is 22.3 Å². The summed E-state index contributed by atoms with van der Waals surface area (Å²) in [4.78, 5) is 28.9. The maximum Gasteiger partial charge on any atom is 0.295 e. The Labute approximate surface area is 206 Å². The Morgan fingerprint density at radius 3 is 2.77 bits per heavy atom. The van der Waals surface area contributed by atoms with E-state index in [0.717, 1.165) is 16.2 Å². The Hall–Kier alpha value is -3.78. The number of carbonyl (C=O) groups is 2. The van der Waals surface area contributed by atoms with Crippen molar-refractivity contribution in [3.63, 3.8) is 0 Å². The lowest BCUT2D eigenvalue weighted by Gasteiger charge is -2.25. The van der Waals surface area contributed by atoms with Gasteiger partial charge in [-0.2, -0.15) is 0 Å². The van der Waals surface area contributed by atoms with Crippen molar-refractivity contribution in [1.82, 2.24) is 4.90 Å². The van der Waals surface area contributed by atoms with Crippen molar-refractivity contribution in [2.24, 2.45) is 0 Å². The smallest absolute Gasteiger partial charge is 0.295 e. The number of thiophene rings is 1. The number of amides is 1. The summed E-state index contributed by atoms with van der Waals surface area (Å²) < 4.78 is 11.3. The monoisotopic (exact) mass is 491 g/mol. The fourth-order valence-electron chi connectivity index (χ4n) is 4.66. The van der Waals surface area contributed by atoms with Gasteiger partial charge in [-0.25, -0.2) is 0 Å². The van der Waals surface area contributed by atoms with Crippen molar-refractivity contribution < 1.29 is 29.3 Å². The molecule has 2 unspecified atom stereocenters. The molecule has 0 radical (unpaired) electrons. The minimum atomic E-state index is -0.847. The molecule has 0 spiro atoms. The molecule has 180 valence electrons. The molecule has 3 aromatic rings. The van der Waals surface area contributed by atoms with Crippen molar-refractivity contribution in [1.29, 1.82) is 0 Å². The number of hydrogen-bond donors (Lipinski definition) is 2. The number of benzene rings is 2. The molecule has 2 aliphatic heterocycles. The molecule has 7 nitrogen and oxygen atoms in total. The van der Waals surface area contributed by atoms with E-state index in [-0.39, 0.29) is 35.5 Å². The van der Waals surface area contributed by atoms with Crippen LogP contribution < -0.4 is 9.47 Å².